The molecule has 3 amide bonds. The Bertz CT molecular complexity index is 538. The average molecular weight is 302 g/mol. The standard InChI is InChI=1S/C16H22N4O2/c1-3-8-18-16(22)20-14-6-4-13(5-7-14)19-15(21)11(2)12-9-17-10-12/h3-7,11-12,17H,1,8-10H2,2H3,(H,19,21)(H2,18,20,22). The van der Waals surface area contributed by atoms with Gasteiger partial charge in [0.15, 0.2) is 0 Å². The van der Waals surface area contributed by atoms with Crippen LogP contribution in [0.15, 0.2) is 36.9 Å². The second-order valence-corrected chi connectivity index (χ2v) is 5.40. The van der Waals surface area contributed by atoms with Gasteiger partial charge in [-0.25, -0.2) is 4.79 Å². The first-order valence-corrected chi connectivity index (χ1v) is 7.37. The van der Waals surface area contributed by atoms with Crippen LogP contribution in [-0.4, -0.2) is 31.6 Å². The summed E-state index contributed by atoms with van der Waals surface area (Å²) in [5, 5.41) is 11.4. The van der Waals surface area contributed by atoms with Gasteiger partial charge in [-0.15, -0.1) is 6.58 Å². The van der Waals surface area contributed by atoms with Crippen LogP contribution in [0.25, 0.3) is 0 Å². The Labute approximate surface area is 130 Å². The normalized spacial score (nSPS) is 15.3. The van der Waals surface area contributed by atoms with Crippen molar-refractivity contribution in [1.29, 1.82) is 0 Å². The van der Waals surface area contributed by atoms with Crippen LogP contribution in [-0.2, 0) is 4.79 Å². The van der Waals surface area contributed by atoms with Crippen molar-refractivity contribution >= 4 is 23.3 Å². The minimum atomic E-state index is -0.289. The predicted molar refractivity (Wildman–Crippen MR) is 87.8 cm³/mol. The maximum absolute atomic E-state index is 12.1. The number of urea groups is 1. The number of nitrogens with one attached hydrogen (secondary N) is 4. The van der Waals surface area contributed by atoms with Gasteiger partial charge < -0.3 is 21.3 Å². The summed E-state index contributed by atoms with van der Waals surface area (Å²) in [7, 11) is 0. The van der Waals surface area contributed by atoms with Crippen molar-refractivity contribution in [2.75, 3.05) is 30.3 Å². The van der Waals surface area contributed by atoms with Crippen molar-refractivity contribution in [2.45, 2.75) is 6.92 Å². The molecule has 0 spiro atoms. The summed E-state index contributed by atoms with van der Waals surface area (Å²) < 4.78 is 0. The highest BCUT2D eigenvalue weighted by atomic mass is 16.2. The monoisotopic (exact) mass is 302 g/mol. The molecule has 2 rings (SSSR count). The molecule has 22 heavy (non-hydrogen) atoms. The lowest BCUT2D eigenvalue weighted by Gasteiger charge is -2.31. The van der Waals surface area contributed by atoms with Gasteiger partial charge in [0, 0.05) is 23.8 Å². The highest BCUT2D eigenvalue weighted by molar-refractivity contribution is 5.93. The zero-order chi connectivity index (χ0) is 15.9. The number of carbonyl (C=O) groups excluding carboxylic acids is 2. The van der Waals surface area contributed by atoms with Gasteiger partial charge in [0.05, 0.1) is 0 Å². The van der Waals surface area contributed by atoms with E-state index in [1.807, 2.05) is 6.92 Å². The third-order valence-corrected chi connectivity index (χ3v) is 3.75. The van der Waals surface area contributed by atoms with Crippen LogP contribution in [0.1, 0.15) is 6.92 Å². The maximum atomic E-state index is 12.1. The summed E-state index contributed by atoms with van der Waals surface area (Å²) in [6, 6.07) is 6.75. The van der Waals surface area contributed by atoms with Gasteiger partial charge in [-0.2, -0.15) is 0 Å². The highest BCUT2D eigenvalue weighted by Crippen LogP contribution is 2.19. The minimum Gasteiger partial charge on any atom is -0.334 e. The molecule has 1 saturated heterocycles. The number of rotatable bonds is 6. The summed E-state index contributed by atoms with van der Waals surface area (Å²) in [6.45, 7) is 7.68. The molecule has 0 bridgehead atoms. The van der Waals surface area contributed by atoms with Gasteiger partial charge >= 0.3 is 6.03 Å². The lowest BCUT2D eigenvalue weighted by Crippen LogP contribution is -2.48. The molecule has 0 aliphatic carbocycles. The molecule has 1 aliphatic rings. The van der Waals surface area contributed by atoms with E-state index in [0.29, 0.717) is 18.2 Å². The fourth-order valence-electron chi connectivity index (χ4n) is 2.11. The Kier molecular flexibility index (Phi) is 5.55. The number of benzene rings is 1. The molecule has 0 radical (unpaired) electrons. The number of hydrogen-bond donors (Lipinski definition) is 4. The van der Waals surface area contributed by atoms with Crippen molar-refractivity contribution < 1.29 is 9.59 Å². The van der Waals surface area contributed by atoms with E-state index in [9.17, 15) is 9.59 Å². The first kappa shape index (κ1) is 16.0. The molecule has 4 N–H and O–H groups in total. The second kappa shape index (κ2) is 7.61. The van der Waals surface area contributed by atoms with E-state index in [1.165, 1.54) is 0 Å². The SMILES string of the molecule is C=CCNC(=O)Nc1ccc(NC(=O)C(C)C2CNC2)cc1. The van der Waals surface area contributed by atoms with Gasteiger partial charge in [-0.05, 0) is 43.3 Å². The summed E-state index contributed by atoms with van der Waals surface area (Å²) in [5.74, 6) is 0.425. The molecule has 1 unspecified atom stereocenters. The Morgan fingerprint density at radius 2 is 1.86 bits per heavy atom. The smallest absolute Gasteiger partial charge is 0.319 e. The molecule has 0 saturated carbocycles. The van der Waals surface area contributed by atoms with E-state index < -0.39 is 0 Å². The molecule has 6 heteroatoms. The van der Waals surface area contributed by atoms with Crippen molar-refractivity contribution in [3.05, 3.63) is 36.9 Å². The lowest BCUT2D eigenvalue weighted by molar-refractivity contribution is -0.121. The van der Waals surface area contributed by atoms with Crippen LogP contribution in [0.2, 0.25) is 0 Å². The van der Waals surface area contributed by atoms with E-state index in [-0.39, 0.29) is 17.9 Å². The molecule has 1 aromatic carbocycles. The van der Waals surface area contributed by atoms with E-state index >= 15 is 0 Å². The third kappa shape index (κ3) is 4.33. The fraction of sp³-hybridized carbons (Fsp3) is 0.375. The summed E-state index contributed by atoms with van der Waals surface area (Å²) in [4.78, 5) is 23.6. The molecular formula is C16H22N4O2. The summed E-state index contributed by atoms with van der Waals surface area (Å²) in [5.41, 5.74) is 1.39. The number of carbonyl (C=O) groups is 2. The Balaban J connectivity index is 1.84. The molecule has 1 atom stereocenters. The van der Waals surface area contributed by atoms with Gasteiger partial charge in [0.1, 0.15) is 0 Å². The van der Waals surface area contributed by atoms with E-state index in [0.717, 1.165) is 18.8 Å². The van der Waals surface area contributed by atoms with Crippen LogP contribution in [0, 0.1) is 11.8 Å². The van der Waals surface area contributed by atoms with Crippen molar-refractivity contribution in [2.24, 2.45) is 11.8 Å². The first-order valence-electron chi connectivity index (χ1n) is 7.37. The quantitative estimate of drug-likeness (QED) is 0.605. The Morgan fingerprint density at radius 3 is 2.36 bits per heavy atom. The zero-order valence-corrected chi connectivity index (χ0v) is 12.7. The van der Waals surface area contributed by atoms with Gasteiger partial charge in [-0.1, -0.05) is 13.0 Å². The molecule has 1 aromatic rings. The largest absolute Gasteiger partial charge is 0.334 e. The summed E-state index contributed by atoms with van der Waals surface area (Å²) >= 11 is 0. The fourth-order valence-corrected chi connectivity index (χ4v) is 2.11. The average Bonchev–Trinajstić information content (AvgIpc) is 2.45. The number of hydrogen-bond acceptors (Lipinski definition) is 3. The maximum Gasteiger partial charge on any atom is 0.319 e. The predicted octanol–water partition coefficient (Wildman–Crippen LogP) is 1.79. The van der Waals surface area contributed by atoms with Crippen LogP contribution in [0.5, 0.6) is 0 Å². The molecule has 118 valence electrons. The summed E-state index contributed by atoms with van der Waals surface area (Å²) in [6.07, 6.45) is 1.61. The first-order chi connectivity index (χ1) is 10.6. The molecule has 1 heterocycles. The Morgan fingerprint density at radius 1 is 1.27 bits per heavy atom. The van der Waals surface area contributed by atoms with Crippen molar-refractivity contribution in [1.82, 2.24) is 10.6 Å². The topological polar surface area (TPSA) is 82.3 Å². The van der Waals surface area contributed by atoms with Crippen molar-refractivity contribution in [3.63, 3.8) is 0 Å². The third-order valence-electron chi connectivity index (χ3n) is 3.75. The van der Waals surface area contributed by atoms with Gasteiger partial charge in [-0.3, -0.25) is 4.79 Å². The van der Waals surface area contributed by atoms with E-state index in [1.54, 1.807) is 30.3 Å². The van der Waals surface area contributed by atoms with Gasteiger partial charge in [0.2, 0.25) is 5.91 Å². The highest BCUT2D eigenvalue weighted by Gasteiger charge is 2.28. The van der Waals surface area contributed by atoms with E-state index in [2.05, 4.69) is 27.8 Å². The van der Waals surface area contributed by atoms with E-state index in [4.69, 9.17) is 0 Å². The number of anilines is 2. The van der Waals surface area contributed by atoms with Crippen molar-refractivity contribution in [3.8, 4) is 0 Å². The van der Waals surface area contributed by atoms with Crippen LogP contribution >= 0.6 is 0 Å². The molecule has 6 nitrogen and oxygen atoms in total. The molecular weight excluding hydrogens is 280 g/mol. The Hall–Kier alpha value is -2.34. The van der Waals surface area contributed by atoms with Gasteiger partial charge in [0.25, 0.3) is 0 Å². The zero-order valence-electron chi connectivity index (χ0n) is 12.7. The van der Waals surface area contributed by atoms with Crippen LogP contribution in [0.4, 0.5) is 16.2 Å². The second-order valence-electron chi connectivity index (χ2n) is 5.40. The molecule has 0 aromatic heterocycles. The van der Waals surface area contributed by atoms with Crippen LogP contribution in [0.3, 0.4) is 0 Å². The lowest BCUT2D eigenvalue weighted by atomic mass is 9.88. The molecule has 1 fully saturated rings. The number of amides is 3. The van der Waals surface area contributed by atoms with Crippen LogP contribution < -0.4 is 21.3 Å². The minimum absolute atomic E-state index is 0.0104. The molecule has 1 aliphatic heterocycles.